The van der Waals surface area contributed by atoms with Crippen molar-refractivity contribution in [1.82, 2.24) is 5.43 Å². The molecule has 5 nitrogen and oxygen atoms in total. The maximum Gasteiger partial charge on any atom is 0.280 e. The van der Waals surface area contributed by atoms with Gasteiger partial charge in [0, 0.05) is 5.02 Å². The Bertz CT molecular complexity index is 684. The summed E-state index contributed by atoms with van der Waals surface area (Å²) in [5.41, 5.74) is 3.30. The molecule has 2 rings (SSSR count). The van der Waals surface area contributed by atoms with Gasteiger partial charge in [-0.15, -0.1) is 0 Å². The molecule has 1 atom stereocenters. The molecule has 0 saturated heterocycles. The smallest absolute Gasteiger partial charge is 0.280 e. The molecular formula is C18H19ClN2O3. The van der Waals surface area contributed by atoms with E-state index in [9.17, 15) is 4.79 Å². The van der Waals surface area contributed by atoms with E-state index in [4.69, 9.17) is 21.1 Å². The summed E-state index contributed by atoms with van der Waals surface area (Å²) in [5.74, 6) is 1.02. The minimum absolute atomic E-state index is 0.341. The average molecular weight is 347 g/mol. The predicted octanol–water partition coefficient (Wildman–Crippen LogP) is 3.66. The van der Waals surface area contributed by atoms with Crippen molar-refractivity contribution in [2.45, 2.75) is 20.0 Å². The van der Waals surface area contributed by atoms with Gasteiger partial charge >= 0.3 is 0 Å². The minimum atomic E-state index is -0.677. The highest BCUT2D eigenvalue weighted by atomic mass is 35.5. The van der Waals surface area contributed by atoms with Crippen LogP contribution in [0.1, 0.15) is 19.4 Å². The van der Waals surface area contributed by atoms with E-state index in [1.165, 1.54) is 0 Å². The number of hydrogen-bond donors (Lipinski definition) is 1. The van der Waals surface area contributed by atoms with Crippen molar-refractivity contribution in [2.24, 2.45) is 5.10 Å². The molecule has 126 valence electrons. The first-order valence-electron chi connectivity index (χ1n) is 7.56. The number of nitrogens with zero attached hydrogens (tertiary/aromatic N) is 1. The molecule has 2 aromatic rings. The molecule has 0 radical (unpaired) electrons. The number of hydrazone groups is 1. The molecule has 24 heavy (non-hydrogen) atoms. The van der Waals surface area contributed by atoms with Crippen LogP contribution in [0.3, 0.4) is 0 Å². The number of ether oxygens (including phenoxy) is 2. The fourth-order valence-corrected chi connectivity index (χ4v) is 1.97. The van der Waals surface area contributed by atoms with Crippen molar-refractivity contribution in [3.05, 3.63) is 59.1 Å². The first-order valence-corrected chi connectivity index (χ1v) is 7.94. The molecule has 0 spiro atoms. The van der Waals surface area contributed by atoms with Gasteiger partial charge in [-0.05, 0) is 67.9 Å². The molecule has 0 aliphatic carbocycles. The van der Waals surface area contributed by atoms with E-state index in [2.05, 4.69) is 10.5 Å². The molecule has 1 amide bonds. The average Bonchev–Trinajstić information content (AvgIpc) is 2.58. The Hall–Kier alpha value is -2.53. The summed E-state index contributed by atoms with van der Waals surface area (Å²) in [6.45, 7) is 4.20. The topological polar surface area (TPSA) is 59.9 Å². The Morgan fingerprint density at radius 3 is 2.42 bits per heavy atom. The van der Waals surface area contributed by atoms with E-state index >= 15 is 0 Å². The lowest BCUT2D eigenvalue weighted by atomic mass is 10.2. The Morgan fingerprint density at radius 2 is 1.79 bits per heavy atom. The molecule has 0 aliphatic rings. The van der Waals surface area contributed by atoms with Gasteiger partial charge in [0.25, 0.3) is 5.91 Å². The number of nitrogens with one attached hydrogen (secondary N) is 1. The second kappa shape index (κ2) is 8.93. The monoisotopic (exact) mass is 346 g/mol. The third kappa shape index (κ3) is 5.59. The van der Waals surface area contributed by atoms with Crippen LogP contribution in [0, 0.1) is 0 Å². The fraction of sp³-hybridized carbons (Fsp3) is 0.222. The Labute approximate surface area is 146 Å². The van der Waals surface area contributed by atoms with Crippen LogP contribution in [-0.4, -0.2) is 24.8 Å². The summed E-state index contributed by atoms with van der Waals surface area (Å²) in [6.07, 6.45) is 0.881. The molecular weight excluding hydrogens is 328 g/mol. The van der Waals surface area contributed by atoms with Crippen molar-refractivity contribution < 1.29 is 14.3 Å². The van der Waals surface area contributed by atoms with Crippen molar-refractivity contribution >= 4 is 23.7 Å². The molecule has 0 heterocycles. The molecule has 1 N–H and O–H groups in total. The maximum absolute atomic E-state index is 11.9. The number of hydrogen-bond acceptors (Lipinski definition) is 4. The number of halogens is 1. The van der Waals surface area contributed by atoms with Crippen LogP contribution in [0.25, 0.3) is 0 Å². The van der Waals surface area contributed by atoms with Gasteiger partial charge in [-0.25, -0.2) is 5.43 Å². The Balaban J connectivity index is 1.83. The van der Waals surface area contributed by atoms with Crippen LogP contribution in [0.2, 0.25) is 5.02 Å². The van der Waals surface area contributed by atoms with E-state index in [1.54, 1.807) is 37.4 Å². The summed E-state index contributed by atoms with van der Waals surface area (Å²) in [7, 11) is 0. The lowest BCUT2D eigenvalue weighted by Crippen LogP contribution is -2.33. The highest BCUT2D eigenvalue weighted by molar-refractivity contribution is 6.30. The van der Waals surface area contributed by atoms with E-state index < -0.39 is 6.10 Å². The van der Waals surface area contributed by atoms with Crippen LogP contribution >= 0.6 is 11.6 Å². The van der Waals surface area contributed by atoms with Gasteiger partial charge in [-0.3, -0.25) is 4.79 Å². The third-order valence-electron chi connectivity index (χ3n) is 3.08. The van der Waals surface area contributed by atoms with Gasteiger partial charge in [0.05, 0.1) is 12.8 Å². The van der Waals surface area contributed by atoms with Gasteiger partial charge < -0.3 is 9.47 Å². The van der Waals surface area contributed by atoms with Crippen LogP contribution in [0.15, 0.2) is 53.6 Å². The van der Waals surface area contributed by atoms with Gasteiger partial charge in [-0.2, -0.15) is 5.10 Å². The molecule has 6 heteroatoms. The molecule has 0 aromatic heterocycles. The summed E-state index contributed by atoms with van der Waals surface area (Å²) in [6, 6.07) is 14.2. The van der Waals surface area contributed by atoms with Crippen LogP contribution in [0.4, 0.5) is 0 Å². The highest BCUT2D eigenvalue weighted by Crippen LogP contribution is 2.16. The zero-order chi connectivity index (χ0) is 17.4. The minimum Gasteiger partial charge on any atom is -0.494 e. The standard InChI is InChI=1S/C18H19ClN2O3/c1-3-23-16-8-4-14(5-9-16)12-20-21-18(22)13(2)24-17-10-6-15(19)7-11-17/h4-13H,3H2,1-2H3,(H,21,22)/b20-12-/t13-/m0/s1. The third-order valence-corrected chi connectivity index (χ3v) is 3.33. The number of benzene rings is 2. The second-order valence-corrected chi connectivity index (χ2v) is 5.39. The zero-order valence-corrected chi connectivity index (χ0v) is 14.3. The van der Waals surface area contributed by atoms with E-state index in [0.29, 0.717) is 17.4 Å². The van der Waals surface area contributed by atoms with Crippen LogP contribution < -0.4 is 14.9 Å². The van der Waals surface area contributed by atoms with E-state index in [1.807, 2.05) is 31.2 Å². The zero-order valence-electron chi connectivity index (χ0n) is 13.5. The normalized spacial score (nSPS) is 12.0. The molecule has 2 aromatic carbocycles. The predicted molar refractivity (Wildman–Crippen MR) is 94.9 cm³/mol. The van der Waals surface area contributed by atoms with Gasteiger partial charge in [0.15, 0.2) is 6.10 Å². The highest BCUT2D eigenvalue weighted by Gasteiger charge is 2.13. The molecule has 0 aliphatic heterocycles. The first-order chi connectivity index (χ1) is 11.6. The van der Waals surface area contributed by atoms with Gasteiger partial charge in [0.1, 0.15) is 11.5 Å². The number of carbonyl (C=O) groups excluding carboxylic acids is 1. The summed E-state index contributed by atoms with van der Waals surface area (Å²) in [4.78, 5) is 11.9. The fourth-order valence-electron chi connectivity index (χ4n) is 1.85. The Kier molecular flexibility index (Phi) is 6.63. The second-order valence-electron chi connectivity index (χ2n) is 4.95. The number of rotatable bonds is 7. The Morgan fingerprint density at radius 1 is 1.17 bits per heavy atom. The lowest BCUT2D eigenvalue weighted by molar-refractivity contribution is -0.127. The first kappa shape index (κ1) is 17.8. The molecule has 0 saturated carbocycles. The SMILES string of the molecule is CCOc1ccc(/C=N\NC(=O)[C@H](C)Oc2ccc(Cl)cc2)cc1. The summed E-state index contributed by atoms with van der Waals surface area (Å²) >= 11 is 5.80. The van der Waals surface area contributed by atoms with Crippen molar-refractivity contribution in [2.75, 3.05) is 6.61 Å². The maximum atomic E-state index is 11.9. The van der Waals surface area contributed by atoms with Crippen molar-refractivity contribution in [1.29, 1.82) is 0 Å². The van der Waals surface area contributed by atoms with E-state index in [-0.39, 0.29) is 5.91 Å². The largest absolute Gasteiger partial charge is 0.494 e. The molecule has 0 fully saturated rings. The summed E-state index contributed by atoms with van der Waals surface area (Å²) in [5, 5.41) is 4.54. The molecule has 0 bridgehead atoms. The van der Waals surface area contributed by atoms with Crippen molar-refractivity contribution in [3.63, 3.8) is 0 Å². The van der Waals surface area contributed by atoms with Gasteiger partial charge in [-0.1, -0.05) is 11.6 Å². The van der Waals surface area contributed by atoms with E-state index in [0.717, 1.165) is 11.3 Å². The lowest BCUT2D eigenvalue weighted by Gasteiger charge is -2.12. The molecule has 0 unspecified atom stereocenters. The number of carbonyl (C=O) groups is 1. The van der Waals surface area contributed by atoms with Crippen LogP contribution in [0.5, 0.6) is 11.5 Å². The number of amides is 1. The van der Waals surface area contributed by atoms with Gasteiger partial charge in [0.2, 0.25) is 0 Å². The summed E-state index contributed by atoms with van der Waals surface area (Å²) < 4.78 is 10.9. The van der Waals surface area contributed by atoms with Crippen LogP contribution in [-0.2, 0) is 4.79 Å². The van der Waals surface area contributed by atoms with Crippen molar-refractivity contribution in [3.8, 4) is 11.5 Å². The quantitative estimate of drug-likeness (QED) is 0.615.